The monoisotopic (exact) mass is 463 g/mol. The maximum Gasteiger partial charge on any atom is 0.290 e. The smallest absolute Gasteiger partial charge is 0.290 e. The Bertz CT molecular complexity index is 1260. The number of aromatic amines is 1. The third-order valence-corrected chi connectivity index (χ3v) is 5.86. The Hall–Kier alpha value is -4.25. The van der Waals surface area contributed by atoms with Crippen molar-refractivity contribution in [1.82, 2.24) is 29.9 Å². The van der Waals surface area contributed by atoms with Crippen molar-refractivity contribution < 1.29 is 19.1 Å². The van der Waals surface area contributed by atoms with Crippen molar-refractivity contribution in [2.45, 2.75) is 24.9 Å². The molecule has 11 nitrogen and oxygen atoms in total. The van der Waals surface area contributed by atoms with E-state index in [2.05, 4.69) is 34.2 Å². The Balaban J connectivity index is 0.000000868. The number of carbonyl (C=O) groups is 2. The zero-order valence-electron chi connectivity index (χ0n) is 18.8. The van der Waals surface area contributed by atoms with Crippen LogP contribution >= 0.6 is 0 Å². The van der Waals surface area contributed by atoms with Gasteiger partial charge < -0.3 is 20.2 Å². The lowest BCUT2D eigenvalue weighted by atomic mass is 9.86. The highest BCUT2D eigenvalue weighted by Crippen LogP contribution is 2.40. The van der Waals surface area contributed by atoms with Crippen LogP contribution in [0.3, 0.4) is 0 Å². The molecule has 0 saturated heterocycles. The average Bonchev–Trinajstić information content (AvgIpc) is 3.52. The first-order chi connectivity index (χ1) is 16.4. The van der Waals surface area contributed by atoms with Crippen LogP contribution in [0, 0.1) is 0 Å². The summed E-state index contributed by atoms with van der Waals surface area (Å²) in [4.78, 5) is 27.3. The molecule has 4 aromatic heterocycles. The van der Waals surface area contributed by atoms with Gasteiger partial charge in [0.2, 0.25) is 0 Å². The van der Waals surface area contributed by atoms with Crippen LogP contribution < -0.4 is 5.73 Å². The van der Waals surface area contributed by atoms with Gasteiger partial charge in [0, 0.05) is 35.8 Å². The van der Waals surface area contributed by atoms with Crippen molar-refractivity contribution in [3.05, 3.63) is 54.8 Å². The van der Waals surface area contributed by atoms with Crippen molar-refractivity contribution in [3.8, 4) is 33.8 Å². The Labute approximate surface area is 195 Å². The fourth-order valence-electron chi connectivity index (χ4n) is 3.97. The summed E-state index contributed by atoms with van der Waals surface area (Å²) in [6, 6.07) is 8.32. The van der Waals surface area contributed by atoms with Crippen molar-refractivity contribution >= 4 is 12.4 Å². The molecule has 1 aliphatic rings. The van der Waals surface area contributed by atoms with Gasteiger partial charge in [-0.15, -0.1) is 0 Å². The van der Waals surface area contributed by atoms with Gasteiger partial charge in [-0.25, -0.2) is 0 Å². The lowest BCUT2D eigenvalue weighted by Gasteiger charge is -2.39. The van der Waals surface area contributed by atoms with Crippen molar-refractivity contribution in [1.29, 1.82) is 0 Å². The fraction of sp³-hybridized carbons (Fsp3) is 0.261. The number of amides is 1. The van der Waals surface area contributed by atoms with Crippen LogP contribution in [0.25, 0.3) is 33.8 Å². The molecule has 4 N–H and O–H groups in total. The van der Waals surface area contributed by atoms with E-state index in [1.54, 1.807) is 18.6 Å². The van der Waals surface area contributed by atoms with E-state index in [4.69, 9.17) is 25.2 Å². The molecule has 0 bridgehead atoms. The number of aromatic nitrogens is 5. The molecular formula is C23H25N7O4. The molecular weight excluding hydrogens is 438 g/mol. The highest BCUT2D eigenvalue weighted by Gasteiger charge is 2.34. The predicted molar refractivity (Wildman–Crippen MR) is 124 cm³/mol. The Morgan fingerprint density at radius 1 is 1.32 bits per heavy atom. The number of pyridine rings is 1. The molecule has 1 saturated carbocycles. The van der Waals surface area contributed by atoms with Crippen molar-refractivity contribution in [2.24, 2.45) is 5.73 Å². The molecule has 1 amide bonds. The second-order valence-corrected chi connectivity index (χ2v) is 8.14. The van der Waals surface area contributed by atoms with Crippen LogP contribution in [0.5, 0.6) is 0 Å². The number of nitrogens with one attached hydrogen (secondary N) is 1. The van der Waals surface area contributed by atoms with Gasteiger partial charge in [0.05, 0.1) is 23.5 Å². The number of nitrogens with two attached hydrogens (primary N) is 1. The van der Waals surface area contributed by atoms with Crippen LogP contribution in [0.4, 0.5) is 0 Å². The van der Waals surface area contributed by atoms with E-state index in [9.17, 15) is 4.79 Å². The first-order valence-corrected chi connectivity index (χ1v) is 10.6. The lowest BCUT2D eigenvalue weighted by molar-refractivity contribution is -0.122. The number of carboxylic acid groups (broad SMARTS) is 1. The van der Waals surface area contributed by atoms with Gasteiger partial charge in [0.15, 0.2) is 5.76 Å². The fourth-order valence-corrected chi connectivity index (χ4v) is 3.97. The van der Waals surface area contributed by atoms with Crippen molar-refractivity contribution in [2.75, 3.05) is 14.1 Å². The second kappa shape index (κ2) is 9.71. The van der Waals surface area contributed by atoms with E-state index in [1.807, 2.05) is 35.1 Å². The molecule has 176 valence electrons. The molecule has 0 spiro atoms. The predicted octanol–water partition coefficient (Wildman–Crippen LogP) is 2.66. The van der Waals surface area contributed by atoms with Gasteiger partial charge in [-0.2, -0.15) is 10.2 Å². The number of carbonyl (C=O) groups excluding carboxylic acids is 1. The molecule has 0 atom stereocenters. The van der Waals surface area contributed by atoms with Crippen LogP contribution in [0.2, 0.25) is 0 Å². The largest absolute Gasteiger partial charge is 0.483 e. The van der Waals surface area contributed by atoms with Gasteiger partial charge in [-0.3, -0.25) is 24.4 Å². The maximum atomic E-state index is 12.2. The summed E-state index contributed by atoms with van der Waals surface area (Å²) < 4.78 is 7.81. The zero-order chi connectivity index (χ0) is 24.2. The summed E-state index contributed by atoms with van der Waals surface area (Å²) in [5.74, 6) is -0.0397. The Morgan fingerprint density at radius 2 is 2.09 bits per heavy atom. The SMILES string of the molecule is CN(C)C1CC(n2cc(-c3cc(-c4cn[nH]c4)oc3C(N)=O)c(-c3ccccn3)n2)C1.O=CO. The molecule has 0 aliphatic heterocycles. The topological polar surface area (TPSA) is 156 Å². The van der Waals surface area contributed by atoms with Crippen molar-refractivity contribution in [3.63, 3.8) is 0 Å². The molecule has 0 aromatic carbocycles. The minimum Gasteiger partial charge on any atom is -0.483 e. The highest BCUT2D eigenvalue weighted by molar-refractivity contribution is 6.00. The molecule has 4 heterocycles. The average molecular weight is 463 g/mol. The number of hydrogen-bond acceptors (Lipinski definition) is 7. The Morgan fingerprint density at radius 3 is 2.68 bits per heavy atom. The minimum atomic E-state index is -0.638. The summed E-state index contributed by atoms with van der Waals surface area (Å²) in [5.41, 5.74) is 9.16. The van der Waals surface area contributed by atoms with E-state index in [-0.39, 0.29) is 12.2 Å². The van der Waals surface area contributed by atoms with Crippen LogP contribution in [-0.2, 0) is 4.79 Å². The lowest BCUT2D eigenvalue weighted by Crippen LogP contribution is -2.41. The second-order valence-electron chi connectivity index (χ2n) is 8.14. The Kier molecular flexibility index (Phi) is 6.55. The molecule has 34 heavy (non-hydrogen) atoms. The summed E-state index contributed by atoms with van der Waals surface area (Å²) in [5, 5.41) is 18.5. The molecule has 0 radical (unpaired) electrons. The summed E-state index contributed by atoms with van der Waals surface area (Å²) in [6.07, 6.45) is 9.06. The quantitative estimate of drug-likeness (QED) is 0.368. The van der Waals surface area contributed by atoms with Gasteiger partial charge in [-0.1, -0.05) is 6.07 Å². The minimum absolute atomic E-state index is 0.0905. The molecule has 0 unspecified atom stereocenters. The normalized spacial score (nSPS) is 17.0. The number of primary amides is 1. The molecule has 5 rings (SSSR count). The first-order valence-electron chi connectivity index (χ1n) is 10.6. The van der Waals surface area contributed by atoms with E-state index in [1.165, 1.54) is 0 Å². The van der Waals surface area contributed by atoms with E-state index >= 15 is 0 Å². The summed E-state index contributed by atoms with van der Waals surface area (Å²) in [7, 11) is 4.19. The van der Waals surface area contributed by atoms with Gasteiger partial charge >= 0.3 is 0 Å². The van der Waals surface area contributed by atoms with Gasteiger partial charge in [-0.05, 0) is 45.1 Å². The molecule has 4 aromatic rings. The van der Waals surface area contributed by atoms with Gasteiger partial charge in [0.25, 0.3) is 12.4 Å². The van der Waals surface area contributed by atoms with E-state index in [0.717, 1.165) is 29.7 Å². The van der Waals surface area contributed by atoms with Gasteiger partial charge in [0.1, 0.15) is 11.5 Å². The third-order valence-electron chi connectivity index (χ3n) is 5.86. The third kappa shape index (κ3) is 4.46. The summed E-state index contributed by atoms with van der Waals surface area (Å²) >= 11 is 0. The number of rotatable bonds is 6. The first kappa shape index (κ1) is 22.9. The van der Waals surface area contributed by atoms with E-state index < -0.39 is 5.91 Å². The number of furan rings is 1. The molecule has 11 heteroatoms. The molecule has 1 fully saturated rings. The van der Waals surface area contributed by atoms with Crippen LogP contribution in [-0.4, -0.2) is 67.5 Å². The number of H-pyrrole nitrogens is 1. The van der Waals surface area contributed by atoms with Crippen LogP contribution in [0.15, 0.2) is 53.5 Å². The zero-order valence-corrected chi connectivity index (χ0v) is 18.8. The standard InChI is InChI=1S/C22H23N7O2.CH2O2/c1-28(2)14-7-15(8-14)29-12-17(20(27-29)18-5-3-4-6-24-18)16-9-19(13-10-25-26-11-13)31-21(16)22(23)30;2-1-3/h3-6,9-12,14-15H,7-8H2,1-2H3,(H2,23,30)(H,25,26);1H,(H,2,3). The molecule has 1 aliphatic carbocycles. The number of hydrogen-bond donors (Lipinski definition) is 3. The van der Waals surface area contributed by atoms with Crippen LogP contribution in [0.1, 0.15) is 29.4 Å². The van der Waals surface area contributed by atoms with E-state index in [0.29, 0.717) is 29.1 Å². The number of nitrogens with zero attached hydrogens (tertiary/aromatic N) is 5. The summed E-state index contributed by atoms with van der Waals surface area (Å²) in [6.45, 7) is -0.250. The maximum absolute atomic E-state index is 12.2. The highest BCUT2D eigenvalue weighted by atomic mass is 16.4.